The van der Waals surface area contributed by atoms with Crippen LogP contribution in [0, 0.1) is 0 Å². The van der Waals surface area contributed by atoms with Gasteiger partial charge in [0.05, 0.1) is 12.1 Å². The minimum atomic E-state index is -0.568. The molecule has 19 heavy (non-hydrogen) atoms. The van der Waals surface area contributed by atoms with Crippen LogP contribution in [-0.4, -0.2) is 67.7 Å². The van der Waals surface area contributed by atoms with Crippen molar-refractivity contribution >= 4 is 5.91 Å². The summed E-state index contributed by atoms with van der Waals surface area (Å²) in [4.78, 5) is 16.9. The highest BCUT2D eigenvalue weighted by Gasteiger charge is 2.40. The number of methoxy groups -OCH3 is 1. The lowest BCUT2D eigenvalue weighted by molar-refractivity contribution is -0.136. The third-order valence-corrected chi connectivity index (χ3v) is 4.41. The third-order valence-electron chi connectivity index (χ3n) is 4.41. The van der Waals surface area contributed by atoms with Crippen molar-refractivity contribution in [2.45, 2.75) is 37.6 Å². The van der Waals surface area contributed by atoms with Crippen molar-refractivity contribution < 1.29 is 9.53 Å². The maximum absolute atomic E-state index is 12.6. The molecule has 1 saturated carbocycles. The molecule has 1 heterocycles. The molecule has 0 aromatic heterocycles. The highest BCUT2D eigenvalue weighted by atomic mass is 16.5. The number of carbonyl (C=O) groups excluding carboxylic acids is 1. The predicted molar refractivity (Wildman–Crippen MR) is 74.9 cm³/mol. The third kappa shape index (κ3) is 3.68. The molecular weight excluding hydrogens is 242 g/mol. The lowest BCUT2D eigenvalue weighted by Crippen LogP contribution is -2.54. The number of ether oxygens (including phenoxy) is 1. The van der Waals surface area contributed by atoms with E-state index in [0.29, 0.717) is 0 Å². The summed E-state index contributed by atoms with van der Waals surface area (Å²) in [5, 5.41) is 0. The van der Waals surface area contributed by atoms with Crippen molar-refractivity contribution in [1.29, 1.82) is 0 Å². The molecule has 1 amide bonds. The van der Waals surface area contributed by atoms with E-state index in [1.165, 1.54) is 0 Å². The van der Waals surface area contributed by atoms with Gasteiger partial charge in [0.25, 0.3) is 0 Å². The van der Waals surface area contributed by atoms with Gasteiger partial charge in [0.2, 0.25) is 5.91 Å². The van der Waals surface area contributed by atoms with Crippen molar-refractivity contribution in [3.63, 3.8) is 0 Å². The number of amides is 1. The number of hydrogen-bond acceptors (Lipinski definition) is 4. The number of nitrogens with two attached hydrogens (primary N) is 1. The van der Waals surface area contributed by atoms with E-state index in [1.54, 1.807) is 7.11 Å². The maximum atomic E-state index is 12.6. The Balaban J connectivity index is 1.86. The summed E-state index contributed by atoms with van der Waals surface area (Å²) in [6.07, 6.45) is 4.93. The number of hydrogen-bond donors (Lipinski definition) is 1. The van der Waals surface area contributed by atoms with Crippen LogP contribution in [0.2, 0.25) is 0 Å². The second kappa shape index (κ2) is 6.68. The maximum Gasteiger partial charge on any atom is 0.242 e. The largest absolute Gasteiger partial charge is 0.383 e. The molecule has 0 spiro atoms. The van der Waals surface area contributed by atoms with Gasteiger partial charge in [0.1, 0.15) is 0 Å². The lowest BCUT2D eigenvalue weighted by atomic mass is 9.97. The van der Waals surface area contributed by atoms with E-state index in [-0.39, 0.29) is 5.91 Å². The summed E-state index contributed by atoms with van der Waals surface area (Å²) in [5.41, 5.74) is 5.71. The molecule has 0 aromatic rings. The Labute approximate surface area is 116 Å². The summed E-state index contributed by atoms with van der Waals surface area (Å²) in [7, 11) is 1.73. The van der Waals surface area contributed by atoms with Crippen LogP contribution in [0.1, 0.15) is 32.1 Å². The van der Waals surface area contributed by atoms with Crippen molar-refractivity contribution in [2.75, 3.05) is 46.4 Å². The summed E-state index contributed by atoms with van der Waals surface area (Å²) in [6, 6.07) is 0. The van der Waals surface area contributed by atoms with E-state index >= 15 is 0 Å². The molecule has 110 valence electrons. The first-order valence-corrected chi connectivity index (χ1v) is 7.45. The van der Waals surface area contributed by atoms with Crippen LogP contribution >= 0.6 is 0 Å². The van der Waals surface area contributed by atoms with Crippen LogP contribution < -0.4 is 5.73 Å². The molecule has 0 radical (unpaired) electrons. The molecule has 0 unspecified atom stereocenters. The Morgan fingerprint density at radius 1 is 1.16 bits per heavy atom. The topological polar surface area (TPSA) is 58.8 Å². The zero-order valence-electron chi connectivity index (χ0n) is 12.1. The zero-order chi connectivity index (χ0) is 13.7. The molecule has 2 fully saturated rings. The van der Waals surface area contributed by atoms with Gasteiger partial charge in [-0.2, -0.15) is 0 Å². The zero-order valence-corrected chi connectivity index (χ0v) is 12.1. The van der Waals surface area contributed by atoms with Gasteiger partial charge in [-0.25, -0.2) is 0 Å². The van der Waals surface area contributed by atoms with Crippen LogP contribution in [0.5, 0.6) is 0 Å². The van der Waals surface area contributed by atoms with Crippen LogP contribution in [0.25, 0.3) is 0 Å². The van der Waals surface area contributed by atoms with Crippen molar-refractivity contribution in [3.8, 4) is 0 Å². The molecule has 0 bridgehead atoms. The van der Waals surface area contributed by atoms with E-state index in [0.717, 1.165) is 71.4 Å². The van der Waals surface area contributed by atoms with E-state index in [1.807, 2.05) is 4.90 Å². The Morgan fingerprint density at radius 3 is 2.58 bits per heavy atom. The minimum Gasteiger partial charge on any atom is -0.383 e. The first-order chi connectivity index (χ1) is 9.15. The van der Waals surface area contributed by atoms with Gasteiger partial charge in [-0.05, 0) is 25.8 Å². The average molecular weight is 269 g/mol. The Morgan fingerprint density at radius 2 is 1.89 bits per heavy atom. The average Bonchev–Trinajstić information content (AvgIpc) is 2.73. The van der Waals surface area contributed by atoms with Crippen LogP contribution in [0.4, 0.5) is 0 Å². The Bertz CT molecular complexity index is 303. The van der Waals surface area contributed by atoms with Crippen molar-refractivity contribution in [1.82, 2.24) is 9.80 Å². The smallest absolute Gasteiger partial charge is 0.242 e. The summed E-state index contributed by atoms with van der Waals surface area (Å²) in [5.74, 6) is 0.179. The fourth-order valence-electron chi connectivity index (χ4n) is 3.15. The first-order valence-electron chi connectivity index (χ1n) is 7.45. The van der Waals surface area contributed by atoms with Gasteiger partial charge in [0.15, 0.2) is 0 Å². The lowest BCUT2D eigenvalue weighted by Gasteiger charge is -2.30. The minimum absolute atomic E-state index is 0.179. The van der Waals surface area contributed by atoms with Crippen molar-refractivity contribution in [2.24, 2.45) is 5.73 Å². The van der Waals surface area contributed by atoms with Crippen LogP contribution in [0.3, 0.4) is 0 Å². The highest BCUT2D eigenvalue weighted by Crippen LogP contribution is 2.29. The Kier molecular flexibility index (Phi) is 5.19. The molecule has 1 saturated heterocycles. The van der Waals surface area contributed by atoms with E-state index < -0.39 is 5.54 Å². The van der Waals surface area contributed by atoms with Gasteiger partial charge in [-0.15, -0.1) is 0 Å². The number of nitrogens with zero attached hydrogens (tertiary/aromatic N) is 2. The molecule has 0 aromatic carbocycles. The van der Waals surface area contributed by atoms with Crippen LogP contribution in [0.15, 0.2) is 0 Å². The molecule has 2 aliphatic rings. The summed E-state index contributed by atoms with van der Waals surface area (Å²) in [6.45, 7) is 5.35. The second-order valence-electron chi connectivity index (χ2n) is 5.84. The first kappa shape index (κ1) is 14.8. The second-order valence-corrected chi connectivity index (χ2v) is 5.84. The molecule has 5 nitrogen and oxygen atoms in total. The van der Waals surface area contributed by atoms with E-state index in [2.05, 4.69) is 4.90 Å². The predicted octanol–water partition coefficient (Wildman–Crippen LogP) is 0.439. The number of carbonyl (C=O) groups is 1. The molecular formula is C14H27N3O2. The van der Waals surface area contributed by atoms with Gasteiger partial charge in [0, 0.05) is 33.3 Å². The molecule has 5 heteroatoms. The van der Waals surface area contributed by atoms with Gasteiger partial charge >= 0.3 is 0 Å². The molecule has 1 aliphatic carbocycles. The SMILES string of the molecule is COCCN1CCCN(C(=O)C2(N)CCCC2)CC1. The van der Waals surface area contributed by atoms with Gasteiger partial charge < -0.3 is 15.4 Å². The monoisotopic (exact) mass is 269 g/mol. The summed E-state index contributed by atoms with van der Waals surface area (Å²) >= 11 is 0. The van der Waals surface area contributed by atoms with Gasteiger partial charge in [-0.3, -0.25) is 9.69 Å². The highest BCUT2D eigenvalue weighted by molar-refractivity contribution is 5.86. The summed E-state index contributed by atoms with van der Waals surface area (Å²) < 4.78 is 5.11. The normalized spacial score (nSPS) is 24.4. The Hall–Kier alpha value is -0.650. The quantitative estimate of drug-likeness (QED) is 0.804. The molecule has 1 aliphatic heterocycles. The van der Waals surface area contributed by atoms with E-state index in [4.69, 9.17) is 10.5 Å². The van der Waals surface area contributed by atoms with E-state index in [9.17, 15) is 4.79 Å². The molecule has 2 N–H and O–H groups in total. The van der Waals surface area contributed by atoms with Crippen LogP contribution in [-0.2, 0) is 9.53 Å². The number of rotatable bonds is 4. The fourth-order valence-corrected chi connectivity index (χ4v) is 3.15. The molecule has 0 atom stereocenters. The van der Waals surface area contributed by atoms with Gasteiger partial charge in [-0.1, -0.05) is 12.8 Å². The standard InChI is InChI=1S/C14H27N3O2/c1-19-12-11-16-7-4-8-17(10-9-16)13(18)14(15)5-2-3-6-14/h2-12,15H2,1H3. The fraction of sp³-hybridized carbons (Fsp3) is 0.929. The molecule has 2 rings (SSSR count). The van der Waals surface area contributed by atoms with Crippen molar-refractivity contribution in [3.05, 3.63) is 0 Å².